The number of rotatable bonds is 4. The van der Waals surface area contributed by atoms with Gasteiger partial charge in [0.05, 0.1) is 12.2 Å². The standard InChI is InChI=1S/C10H11Cl2N3O/c11-5-9(16)15(7-1-2-7)6-8-10(12)14-4-3-13-8/h3-4,7H,1-2,5-6H2. The van der Waals surface area contributed by atoms with Gasteiger partial charge in [0.25, 0.3) is 0 Å². The van der Waals surface area contributed by atoms with Crippen molar-refractivity contribution >= 4 is 29.1 Å². The summed E-state index contributed by atoms with van der Waals surface area (Å²) in [7, 11) is 0. The number of aromatic nitrogens is 2. The van der Waals surface area contributed by atoms with Crippen molar-refractivity contribution in [3.05, 3.63) is 23.2 Å². The molecule has 1 heterocycles. The first-order valence-electron chi connectivity index (χ1n) is 5.03. The highest BCUT2D eigenvalue weighted by molar-refractivity contribution is 6.30. The van der Waals surface area contributed by atoms with E-state index in [2.05, 4.69) is 9.97 Å². The van der Waals surface area contributed by atoms with Crippen LogP contribution in [0.5, 0.6) is 0 Å². The maximum absolute atomic E-state index is 11.6. The molecule has 1 saturated carbocycles. The lowest BCUT2D eigenvalue weighted by Gasteiger charge is -2.20. The van der Waals surface area contributed by atoms with Crippen LogP contribution >= 0.6 is 23.2 Å². The molecule has 0 N–H and O–H groups in total. The number of hydrogen-bond acceptors (Lipinski definition) is 3. The monoisotopic (exact) mass is 259 g/mol. The average molecular weight is 260 g/mol. The van der Waals surface area contributed by atoms with Crippen LogP contribution in [0.2, 0.25) is 5.15 Å². The van der Waals surface area contributed by atoms with Crippen molar-refractivity contribution in [1.29, 1.82) is 0 Å². The van der Waals surface area contributed by atoms with Gasteiger partial charge in [-0.3, -0.25) is 9.78 Å². The lowest BCUT2D eigenvalue weighted by molar-refractivity contribution is -0.129. The summed E-state index contributed by atoms with van der Waals surface area (Å²) in [5.41, 5.74) is 0.620. The molecule has 0 saturated heterocycles. The number of halogens is 2. The first kappa shape index (κ1) is 11.6. The van der Waals surface area contributed by atoms with Crippen LogP contribution in [0.25, 0.3) is 0 Å². The van der Waals surface area contributed by atoms with Crippen molar-refractivity contribution < 1.29 is 4.79 Å². The van der Waals surface area contributed by atoms with Gasteiger partial charge in [0.1, 0.15) is 5.88 Å². The van der Waals surface area contributed by atoms with Gasteiger partial charge in [-0.1, -0.05) is 11.6 Å². The predicted octanol–water partition coefficient (Wildman–Crippen LogP) is 1.86. The molecule has 86 valence electrons. The average Bonchev–Trinajstić information content (AvgIpc) is 3.11. The van der Waals surface area contributed by atoms with Crippen molar-refractivity contribution in [3.63, 3.8) is 0 Å². The van der Waals surface area contributed by atoms with Gasteiger partial charge in [-0.25, -0.2) is 4.98 Å². The summed E-state index contributed by atoms with van der Waals surface area (Å²) in [5.74, 6) is -0.0835. The molecule has 1 aromatic rings. The molecular weight excluding hydrogens is 249 g/mol. The summed E-state index contributed by atoms with van der Waals surface area (Å²) in [5, 5.41) is 0.343. The Hall–Kier alpha value is -0.870. The fourth-order valence-electron chi connectivity index (χ4n) is 1.50. The SMILES string of the molecule is O=C(CCl)N(Cc1nccnc1Cl)C1CC1. The van der Waals surface area contributed by atoms with E-state index in [-0.39, 0.29) is 11.8 Å². The van der Waals surface area contributed by atoms with Gasteiger partial charge in [-0.15, -0.1) is 11.6 Å². The van der Waals surface area contributed by atoms with E-state index in [0.29, 0.717) is 23.4 Å². The Morgan fingerprint density at radius 3 is 2.69 bits per heavy atom. The van der Waals surface area contributed by atoms with Gasteiger partial charge in [0, 0.05) is 18.4 Å². The Kier molecular flexibility index (Phi) is 3.61. The number of amides is 1. The molecule has 0 radical (unpaired) electrons. The summed E-state index contributed by atoms with van der Waals surface area (Å²) < 4.78 is 0. The highest BCUT2D eigenvalue weighted by Crippen LogP contribution is 2.29. The van der Waals surface area contributed by atoms with Gasteiger partial charge < -0.3 is 4.90 Å². The van der Waals surface area contributed by atoms with E-state index in [1.54, 1.807) is 11.1 Å². The first-order chi connectivity index (χ1) is 7.72. The molecule has 1 aliphatic carbocycles. The van der Waals surface area contributed by atoms with E-state index in [0.717, 1.165) is 12.8 Å². The Balaban J connectivity index is 2.11. The van der Waals surface area contributed by atoms with Crippen molar-refractivity contribution in [3.8, 4) is 0 Å². The van der Waals surface area contributed by atoms with Crippen LogP contribution in [0.4, 0.5) is 0 Å². The Labute approximate surface area is 104 Å². The molecule has 1 fully saturated rings. The molecule has 1 aromatic heterocycles. The molecule has 1 aliphatic rings. The summed E-state index contributed by atoms with van der Waals surface area (Å²) in [6.07, 6.45) is 5.15. The van der Waals surface area contributed by atoms with Crippen molar-refractivity contribution in [2.24, 2.45) is 0 Å². The van der Waals surface area contributed by atoms with Crippen LogP contribution in [0.3, 0.4) is 0 Å². The Morgan fingerprint density at radius 1 is 1.44 bits per heavy atom. The summed E-state index contributed by atoms with van der Waals surface area (Å²) in [6, 6.07) is 0.296. The highest BCUT2D eigenvalue weighted by Gasteiger charge is 2.32. The van der Waals surface area contributed by atoms with Crippen molar-refractivity contribution in [2.45, 2.75) is 25.4 Å². The Morgan fingerprint density at radius 2 is 2.12 bits per heavy atom. The number of alkyl halides is 1. The normalized spacial score (nSPS) is 14.9. The van der Waals surface area contributed by atoms with E-state index in [9.17, 15) is 4.79 Å². The van der Waals surface area contributed by atoms with E-state index in [4.69, 9.17) is 23.2 Å². The third kappa shape index (κ3) is 2.62. The first-order valence-corrected chi connectivity index (χ1v) is 5.94. The van der Waals surface area contributed by atoms with Gasteiger partial charge in [0.15, 0.2) is 5.15 Å². The quantitative estimate of drug-likeness (QED) is 0.776. The Bertz CT molecular complexity index is 395. The second-order valence-corrected chi connectivity index (χ2v) is 4.31. The molecule has 0 atom stereocenters. The third-order valence-electron chi connectivity index (χ3n) is 2.47. The fraction of sp³-hybridized carbons (Fsp3) is 0.500. The number of carbonyl (C=O) groups is 1. The van der Waals surface area contributed by atoms with Crippen molar-refractivity contribution in [1.82, 2.24) is 14.9 Å². The smallest absolute Gasteiger partial charge is 0.238 e. The van der Waals surface area contributed by atoms with E-state index >= 15 is 0 Å². The zero-order valence-corrected chi connectivity index (χ0v) is 10.1. The van der Waals surface area contributed by atoms with E-state index < -0.39 is 0 Å². The maximum atomic E-state index is 11.6. The minimum Gasteiger partial charge on any atom is -0.333 e. The summed E-state index contributed by atoms with van der Waals surface area (Å²) in [6.45, 7) is 0.392. The van der Waals surface area contributed by atoms with Crippen LogP contribution in [0.15, 0.2) is 12.4 Å². The van der Waals surface area contributed by atoms with Crippen LogP contribution in [-0.2, 0) is 11.3 Å². The lowest BCUT2D eigenvalue weighted by atomic mass is 10.3. The maximum Gasteiger partial charge on any atom is 0.238 e. The minimum atomic E-state index is -0.0779. The number of carbonyl (C=O) groups excluding carboxylic acids is 1. The molecule has 0 aliphatic heterocycles. The van der Waals surface area contributed by atoms with Gasteiger partial charge in [0.2, 0.25) is 5.91 Å². The highest BCUT2D eigenvalue weighted by atomic mass is 35.5. The van der Waals surface area contributed by atoms with Gasteiger partial charge in [-0.05, 0) is 12.8 Å². The topological polar surface area (TPSA) is 46.1 Å². The molecular formula is C10H11Cl2N3O. The molecule has 0 spiro atoms. The van der Waals surface area contributed by atoms with Gasteiger partial charge in [-0.2, -0.15) is 0 Å². The second-order valence-electron chi connectivity index (χ2n) is 3.68. The molecule has 2 rings (SSSR count). The van der Waals surface area contributed by atoms with E-state index in [1.807, 2.05) is 0 Å². The van der Waals surface area contributed by atoms with Crippen molar-refractivity contribution in [2.75, 3.05) is 5.88 Å². The fourth-order valence-corrected chi connectivity index (χ4v) is 1.82. The minimum absolute atomic E-state index is 0.00557. The van der Waals surface area contributed by atoms with Gasteiger partial charge >= 0.3 is 0 Å². The molecule has 0 bridgehead atoms. The lowest BCUT2D eigenvalue weighted by Crippen LogP contribution is -2.33. The predicted molar refractivity (Wildman–Crippen MR) is 61.3 cm³/mol. The van der Waals surface area contributed by atoms with Crippen LogP contribution in [0.1, 0.15) is 18.5 Å². The summed E-state index contributed by atoms with van der Waals surface area (Å²) in [4.78, 5) is 21.4. The molecule has 1 amide bonds. The molecule has 6 heteroatoms. The largest absolute Gasteiger partial charge is 0.333 e. The van der Waals surface area contributed by atoms with Crippen LogP contribution in [-0.4, -0.2) is 32.7 Å². The van der Waals surface area contributed by atoms with Crippen LogP contribution in [0, 0.1) is 0 Å². The molecule has 4 nitrogen and oxygen atoms in total. The van der Waals surface area contributed by atoms with E-state index in [1.165, 1.54) is 6.20 Å². The van der Waals surface area contributed by atoms with Crippen LogP contribution < -0.4 is 0 Å². The second kappa shape index (κ2) is 4.97. The molecule has 16 heavy (non-hydrogen) atoms. The number of nitrogens with zero attached hydrogens (tertiary/aromatic N) is 3. The number of hydrogen-bond donors (Lipinski definition) is 0. The zero-order valence-electron chi connectivity index (χ0n) is 8.57. The molecule has 0 unspecified atom stereocenters. The zero-order chi connectivity index (χ0) is 11.5. The molecule has 0 aromatic carbocycles. The summed E-state index contributed by atoms with van der Waals surface area (Å²) >= 11 is 11.5. The third-order valence-corrected chi connectivity index (χ3v) is 3.01.